The van der Waals surface area contributed by atoms with E-state index in [4.69, 9.17) is 4.74 Å². The van der Waals surface area contributed by atoms with Crippen molar-refractivity contribution in [3.8, 4) is 5.75 Å². The van der Waals surface area contributed by atoms with E-state index in [2.05, 4.69) is 4.98 Å². The topological polar surface area (TPSA) is 79.8 Å². The van der Waals surface area contributed by atoms with E-state index in [-0.39, 0.29) is 23.9 Å². The molecule has 0 saturated carbocycles. The van der Waals surface area contributed by atoms with Gasteiger partial charge in [-0.15, -0.1) is 11.3 Å². The highest BCUT2D eigenvalue weighted by Crippen LogP contribution is 2.23. The number of sulfonamides is 1. The molecule has 29 heavy (non-hydrogen) atoms. The van der Waals surface area contributed by atoms with Crippen molar-refractivity contribution < 1.29 is 17.9 Å². The molecule has 0 atom stereocenters. The summed E-state index contributed by atoms with van der Waals surface area (Å²) in [5.41, 5.74) is 3.23. The van der Waals surface area contributed by atoms with E-state index >= 15 is 0 Å². The van der Waals surface area contributed by atoms with Crippen LogP contribution in [0, 0.1) is 0 Å². The molecule has 1 saturated heterocycles. The molecule has 4 rings (SSSR count). The smallest absolute Gasteiger partial charge is 0.253 e. The van der Waals surface area contributed by atoms with Crippen LogP contribution in [0.2, 0.25) is 0 Å². The standard InChI is InChI=1S/C20H21N3O4S2/c1-2-27-16-4-6-17(7-5-16)29(25,26)23-11-9-22(10-12-23)20(24)15-3-8-18-19(13-15)28-14-21-18/h3-8,13-14H,2,9-12H2,1H3. The van der Waals surface area contributed by atoms with Crippen LogP contribution >= 0.6 is 11.3 Å². The van der Waals surface area contributed by atoms with Crippen LogP contribution in [0.1, 0.15) is 17.3 Å². The van der Waals surface area contributed by atoms with Gasteiger partial charge in [-0.1, -0.05) is 0 Å². The van der Waals surface area contributed by atoms with Crippen molar-refractivity contribution >= 4 is 37.5 Å². The summed E-state index contributed by atoms with van der Waals surface area (Å²) in [6.07, 6.45) is 0. The number of thiazole rings is 1. The number of carbonyl (C=O) groups is 1. The first-order valence-corrected chi connectivity index (χ1v) is 11.7. The van der Waals surface area contributed by atoms with Gasteiger partial charge < -0.3 is 9.64 Å². The summed E-state index contributed by atoms with van der Waals surface area (Å²) in [6, 6.07) is 11.9. The number of carbonyl (C=O) groups excluding carboxylic acids is 1. The van der Waals surface area contributed by atoms with Gasteiger partial charge in [0.05, 0.1) is 27.2 Å². The SMILES string of the molecule is CCOc1ccc(S(=O)(=O)N2CCN(C(=O)c3ccc4ncsc4c3)CC2)cc1. The van der Waals surface area contributed by atoms with Crippen molar-refractivity contribution in [3.05, 3.63) is 53.5 Å². The number of amides is 1. The van der Waals surface area contributed by atoms with E-state index in [9.17, 15) is 13.2 Å². The molecule has 1 aliphatic rings. The quantitative estimate of drug-likeness (QED) is 0.621. The fourth-order valence-corrected chi connectivity index (χ4v) is 5.46. The molecule has 1 amide bonds. The Labute approximate surface area is 173 Å². The lowest BCUT2D eigenvalue weighted by Crippen LogP contribution is -2.50. The molecule has 9 heteroatoms. The Bertz CT molecular complexity index is 1120. The minimum Gasteiger partial charge on any atom is -0.494 e. The van der Waals surface area contributed by atoms with Crippen LogP contribution in [-0.2, 0) is 10.0 Å². The lowest BCUT2D eigenvalue weighted by Gasteiger charge is -2.34. The van der Waals surface area contributed by atoms with Crippen molar-refractivity contribution in [2.24, 2.45) is 0 Å². The van der Waals surface area contributed by atoms with Crippen molar-refractivity contribution in [2.45, 2.75) is 11.8 Å². The van der Waals surface area contributed by atoms with E-state index in [1.165, 1.54) is 15.6 Å². The molecule has 0 spiro atoms. The number of ether oxygens (including phenoxy) is 1. The average Bonchev–Trinajstić information content (AvgIpc) is 3.22. The van der Waals surface area contributed by atoms with Crippen LogP contribution in [0.4, 0.5) is 0 Å². The normalized spacial score (nSPS) is 15.6. The Balaban J connectivity index is 1.43. The molecule has 0 bridgehead atoms. The highest BCUT2D eigenvalue weighted by molar-refractivity contribution is 7.89. The maximum atomic E-state index is 12.9. The highest BCUT2D eigenvalue weighted by atomic mass is 32.2. The Morgan fingerprint density at radius 2 is 1.83 bits per heavy atom. The lowest BCUT2D eigenvalue weighted by molar-refractivity contribution is 0.0698. The van der Waals surface area contributed by atoms with Crippen molar-refractivity contribution in [1.29, 1.82) is 0 Å². The predicted molar refractivity (Wildman–Crippen MR) is 112 cm³/mol. The summed E-state index contributed by atoms with van der Waals surface area (Å²) in [7, 11) is -3.60. The Kier molecular flexibility index (Phi) is 5.53. The molecular weight excluding hydrogens is 410 g/mol. The number of piperazine rings is 1. The van der Waals surface area contributed by atoms with Crippen molar-refractivity contribution in [3.63, 3.8) is 0 Å². The summed E-state index contributed by atoms with van der Waals surface area (Å²) in [4.78, 5) is 19.0. The summed E-state index contributed by atoms with van der Waals surface area (Å²) in [6.45, 7) is 3.65. The number of hydrogen-bond donors (Lipinski definition) is 0. The molecule has 2 aromatic carbocycles. The van der Waals surface area contributed by atoms with Crippen molar-refractivity contribution in [1.82, 2.24) is 14.2 Å². The van der Waals surface area contributed by atoms with E-state index in [1.807, 2.05) is 19.1 Å². The molecular formula is C20H21N3O4S2. The molecule has 7 nitrogen and oxygen atoms in total. The van der Waals surface area contributed by atoms with E-state index in [1.54, 1.807) is 40.7 Å². The van der Waals surface area contributed by atoms with E-state index < -0.39 is 10.0 Å². The summed E-state index contributed by atoms with van der Waals surface area (Å²) >= 11 is 1.49. The van der Waals surface area contributed by atoms with Gasteiger partial charge in [0.2, 0.25) is 10.0 Å². The molecule has 1 aromatic heterocycles. The third-order valence-electron chi connectivity index (χ3n) is 4.88. The maximum Gasteiger partial charge on any atom is 0.253 e. The Morgan fingerprint density at radius 3 is 2.52 bits per heavy atom. The fraction of sp³-hybridized carbons (Fsp3) is 0.300. The van der Waals surface area contributed by atoms with Crippen LogP contribution in [0.25, 0.3) is 10.2 Å². The maximum absolute atomic E-state index is 12.9. The van der Waals surface area contributed by atoms with Gasteiger partial charge in [-0.3, -0.25) is 4.79 Å². The van der Waals surface area contributed by atoms with Gasteiger partial charge in [0.15, 0.2) is 0 Å². The Morgan fingerprint density at radius 1 is 1.10 bits per heavy atom. The van der Waals surface area contributed by atoms with Crippen LogP contribution in [0.3, 0.4) is 0 Å². The van der Waals surface area contributed by atoms with Gasteiger partial charge in [-0.2, -0.15) is 4.31 Å². The van der Waals surface area contributed by atoms with Gasteiger partial charge in [0, 0.05) is 31.7 Å². The molecule has 152 valence electrons. The van der Waals surface area contributed by atoms with Gasteiger partial charge in [0.25, 0.3) is 5.91 Å². The average molecular weight is 432 g/mol. The largest absolute Gasteiger partial charge is 0.494 e. The Hall–Kier alpha value is -2.49. The van der Waals surface area contributed by atoms with E-state index in [0.29, 0.717) is 31.0 Å². The zero-order valence-electron chi connectivity index (χ0n) is 15.9. The first-order valence-electron chi connectivity index (χ1n) is 9.34. The lowest BCUT2D eigenvalue weighted by atomic mass is 10.2. The van der Waals surface area contributed by atoms with Gasteiger partial charge in [0.1, 0.15) is 5.75 Å². The second-order valence-electron chi connectivity index (χ2n) is 6.64. The number of rotatable bonds is 5. The zero-order valence-corrected chi connectivity index (χ0v) is 17.6. The molecule has 2 heterocycles. The summed E-state index contributed by atoms with van der Waals surface area (Å²) in [5.74, 6) is 0.554. The van der Waals surface area contributed by atoms with Crippen LogP contribution in [0.15, 0.2) is 52.9 Å². The zero-order chi connectivity index (χ0) is 20.4. The third-order valence-corrected chi connectivity index (χ3v) is 7.58. The second kappa shape index (κ2) is 8.10. The number of nitrogens with zero attached hydrogens (tertiary/aromatic N) is 3. The molecule has 3 aromatic rings. The second-order valence-corrected chi connectivity index (χ2v) is 9.46. The predicted octanol–water partition coefficient (Wildman–Crippen LogP) is 2.84. The number of hydrogen-bond acceptors (Lipinski definition) is 6. The first-order chi connectivity index (χ1) is 14.0. The van der Waals surface area contributed by atoms with Crippen molar-refractivity contribution in [2.75, 3.05) is 32.8 Å². The minimum atomic E-state index is -3.60. The first kappa shape index (κ1) is 19.8. The van der Waals surface area contributed by atoms with Crippen LogP contribution in [-0.4, -0.2) is 61.3 Å². The summed E-state index contributed by atoms with van der Waals surface area (Å²) < 4.78 is 33.6. The fourth-order valence-electron chi connectivity index (χ4n) is 3.33. The van der Waals surface area contributed by atoms with Gasteiger partial charge >= 0.3 is 0 Å². The number of aromatic nitrogens is 1. The van der Waals surface area contributed by atoms with Crippen LogP contribution in [0.5, 0.6) is 5.75 Å². The van der Waals surface area contributed by atoms with Gasteiger partial charge in [-0.05, 0) is 49.4 Å². The summed E-state index contributed by atoms with van der Waals surface area (Å²) in [5, 5.41) is 0. The number of benzene rings is 2. The molecule has 0 unspecified atom stereocenters. The monoisotopic (exact) mass is 431 g/mol. The van der Waals surface area contributed by atoms with Crippen LogP contribution < -0.4 is 4.74 Å². The molecule has 0 radical (unpaired) electrons. The van der Waals surface area contributed by atoms with E-state index in [0.717, 1.165) is 10.2 Å². The van der Waals surface area contributed by atoms with Gasteiger partial charge in [-0.25, -0.2) is 13.4 Å². The molecule has 0 N–H and O–H groups in total. The number of fused-ring (bicyclic) bond motifs is 1. The molecule has 1 fully saturated rings. The minimum absolute atomic E-state index is 0.0848. The molecule has 0 aliphatic carbocycles. The molecule has 1 aliphatic heterocycles. The highest BCUT2D eigenvalue weighted by Gasteiger charge is 2.30. The third kappa shape index (κ3) is 3.98.